The lowest BCUT2D eigenvalue weighted by atomic mass is 9.91. The molecule has 1 aliphatic heterocycles. The van der Waals surface area contributed by atoms with Crippen LogP contribution in [-0.4, -0.2) is 53.1 Å². The van der Waals surface area contributed by atoms with Gasteiger partial charge in [0, 0.05) is 0 Å². The highest BCUT2D eigenvalue weighted by Crippen LogP contribution is 2.23. The van der Waals surface area contributed by atoms with E-state index in [4.69, 9.17) is 9.47 Å². The topological polar surface area (TPSA) is 79.2 Å². The Bertz CT molecular complexity index is 416. The third kappa shape index (κ3) is 12.0. The number of aliphatic hydroxyl groups excluding tert-OH is 3. The first-order valence-electron chi connectivity index (χ1n) is 12.5. The van der Waals surface area contributed by atoms with Gasteiger partial charge in [0.2, 0.25) is 0 Å². The van der Waals surface area contributed by atoms with Gasteiger partial charge in [0.15, 0.2) is 6.29 Å². The lowest BCUT2D eigenvalue weighted by Crippen LogP contribution is -2.53. The SMILES string of the molecule is CC(C)CCCC(C)CCCC(C)CCCC(C)CCOC1OC[C@@H](O)[C@H](O)[C@H]1O. The van der Waals surface area contributed by atoms with Crippen LogP contribution in [-0.2, 0) is 9.47 Å². The Morgan fingerprint density at radius 3 is 1.67 bits per heavy atom. The molecule has 0 saturated carbocycles. The van der Waals surface area contributed by atoms with Crippen LogP contribution in [0.25, 0.3) is 0 Å². The minimum absolute atomic E-state index is 0.00689. The molecule has 0 amide bonds. The summed E-state index contributed by atoms with van der Waals surface area (Å²) < 4.78 is 10.9. The maximum absolute atomic E-state index is 9.88. The first-order chi connectivity index (χ1) is 14.2. The molecule has 0 aliphatic carbocycles. The van der Waals surface area contributed by atoms with E-state index >= 15 is 0 Å². The molecule has 0 aromatic heterocycles. The molecule has 3 N–H and O–H groups in total. The van der Waals surface area contributed by atoms with Gasteiger partial charge in [-0.3, -0.25) is 0 Å². The summed E-state index contributed by atoms with van der Waals surface area (Å²) in [5.41, 5.74) is 0. The van der Waals surface area contributed by atoms with Crippen LogP contribution in [0.5, 0.6) is 0 Å². The van der Waals surface area contributed by atoms with Crippen LogP contribution >= 0.6 is 0 Å². The molecule has 5 heteroatoms. The van der Waals surface area contributed by atoms with Gasteiger partial charge in [-0.25, -0.2) is 0 Å². The van der Waals surface area contributed by atoms with Gasteiger partial charge >= 0.3 is 0 Å². The second kappa shape index (κ2) is 15.6. The van der Waals surface area contributed by atoms with Crippen molar-refractivity contribution in [2.45, 2.75) is 123 Å². The van der Waals surface area contributed by atoms with Crippen LogP contribution in [0.15, 0.2) is 0 Å². The van der Waals surface area contributed by atoms with E-state index in [1.54, 1.807) is 0 Å². The minimum atomic E-state index is -1.20. The average molecular weight is 431 g/mol. The van der Waals surface area contributed by atoms with Crippen molar-refractivity contribution >= 4 is 0 Å². The molecule has 0 aromatic carbocycles. The van der Waals surface area contributed by atoms with Crippen LogP contribution < -0.4 is 0 Å². The maximum Gasteiger partial charge on any atom is 0.186 e. The summed E-state index contributed by atoms with van der Waals surface area (Å²) in [6, 6.07) is 0. The quantitative estimate of drug-likeness (QED) is 0.324. The lowest BCUT2D eigenvalue weighted by Gasteiger charge is -2.35. The van der Waals surface area contributed by atoms with Gasteiger partial charge in [0.05, 0.1) is 13.2 Å². The second-order valence-electron chi connectivity index (χ2n) is 10.4. The van der Waals surface area contributed by atoms with Crippen molar-refractivity contribution in [3.8, 4) is 0 Å². The molecule has 0 radical (unpaired) electrons. The predicted octanol–water partition coefficient (Wildman–Crippen LogP) is 4.91. The first-order valence-corrected chi connectivity index (χ1v) is 12.5. The Hall–Kier alpha value is -0.200. The average Bonchev–Trinajstić information content (AvgIpc) is 2.67. The van der Waals surface area contributed by atoms with Crippen molar-refractivity contribution in [3.05, 3.63) is 0 Å². The molecule has 1 heterocycles. The molecular weight excluding hydrogens is 380 g/mol. The third-order valence-corrected chi connectivity index (χ3v) is 6.61. The molecular formula is C25H50O5. The fourth-order valence-electron chi connectivity index (χ4n) is 4.25. The standard InChI is InChI=1S/C25H50O5/c1-18(2)9-6-10-19(3)11-7-12-20(4)13-8-14-21(5)15-16-29-25-24(28)23(27)22(26)17-30-25/h18-28H,6-17H2,1-5H3/t19?,20?,21?,22-,23+,24-,25?/m1/s1. The summed E-state index contributed by atoms with van der Waals surface area (Å²) in [6.07, 6.45) is 8.56. The number of aliphatic hydroxyl groups is 3. The van der Waals surface area contributed by atoms with E-state index < -0.39 is 24.6 Å². The van der Waals surface area contributed by atoms with Crippen molar-refractivity contribution in [2.24, 2.45) is 23.7 Å². The number of hydrogen-bond acceptors (Lipinski definition) is 5. The highest BCUT2D eigenvalue weighted by atomic mass is 16.7. The molecule has 0 bridgehead atoms. The molecule has 30 heavy (non-hydrogen) atoms. The summed E-state index contributed by atoms with van der Waals surface area (Å²) in [5.74, 6) is 3.07. The summed E-state index contributed by atoms with van der Waals surface area (Å²) in [4.78, 5) is 0. The first kappa shape index (κ1) is 27.8. The number of rotatable bonds is 16. The molecule has 0 aromatic rings. The zero-order valence-corrected chi connectivity index (χ0v) is 20.3. The molecule has 4 unspecified atom stereocenters. The van der Waals surface area contributed by atoms with Crippen molar-refractivity contribution in [1.82, 2.24) is 0 Å². The van der Waals surface area contributed by atoms with Gasteiger partial charge in [-0.1, -0.05) is 92.4 Å². The van der Waals surface area contributed by atoms with E-state index in [2.05, 4.69) is 34.6 Å². The van der Waals surface area contributed by atoms with Crippen molar-refractivity contribution in [2.75, 3.05) is 13.2 Å². The molecule has 0 spiro atoms. The van der Waals surface area contributed by atoms with Crippen LogP contribution in [0.4, 0.5) is 0 Å². The van der Waals surface area contributed by atoms with Crippen molar-refractivity contribution < 1.29 is 24.8 Å². The zero-order chi connectivity index (χ0) is 22.5. The van der Waals surface area contributed by atoms with Gasteiger partial charge in [0.1, 0.15) is 18.3 Å². The summed E-state index contributed by atoms with van der Waals surface area (Å²) >= 11 is 0. The van der Waals surface area contributed by atoms with E-state index in [1.807, 2.05) is 0 Å². The van der Waals surface area contributed by atoms with Gasteiger partial charge in [0.25, 0.3) is 0 Å². The number of hydrogen-bond donors (Lipinski definition) is 3. The monoisotopic (exact) mass is 430 g/mol. The van der Waals surface area contributed by atoms with Gasteiger partial charge in [-0.2, -0.15) is 0 Å². The smallest absolute Gasteiger partial charge is 0.186 e. The van der Waals surface area contributed by atoms with Gasteiger partial charge < -0.3 is 24.8 Å². The van der Waals surface area contributed by atoms with Crippen LogP contribution in [0, 0.1) is 23.7 Å². The maximum atomic E-state index is 9.88. The Labute approximate surface area is 185 Å². The van der Waals surface area contributed by atoms with Crippen LogP contribution in [0.3, 0.4) is 0 Å². The van der Waals surface area contributed by atoms with E-state index in [0.717, 1.165) is 24.2 Å². The van der Waals surface area contributed by atoms with Crippen LogP contribution in [0.1, 0.15) is 98.8 Å². The zero-order valence-electron chi connectivity index (χ0n) is 20.3. The summed E-state index contributed by atoms with van der Waals surface area (Å²) in [5, 5.41) is 29.0. The molecule has 1 saturated heterocycles. The van der Waals surface area contributed by atoms with Crippen LogP contribution in [0.2, 0.25) is 0 Å². The highest BCUT2D eigenvalue weighted by molar-refractivity contribution is 4.82. The highest BCUT2D eigenvalue weighted by Gasteiger charge is 2.38. The summed E-state index contributed by atoms with van der Waals surface area (Å²) in [6.45, 7) is 12.2. The largest absolute Gasteiger partial charge is 0.388 e. The third-order valence-electron chi connectivity index (χ3n) is 6.61. The molecule has 1 rings (SSSR count). The van der Waals surface area contributed by atoms with Crippen molar-refractivity contribution in [1.29, 1.82) is 0 Å². The fraction of sp³-hybridized carbons (Fsp3) is 1.00. The normalized spacial score (nSPS) is 27.9. The Kier molecular flexibility index (Phi) is 14.5. The van der Waals surface area contributed by atoms with E-state index in [0.29, 0.717) is 12.5 Å². The molecule has 7 atom stereocenters. The van der Waals surface area contributed by atoms with Gasteiger partial charge in [-0.05, 0) is 30.1 Å². The van der Waals surface area contributed by atoms with Gasteiger partial charge in [-0.15, -0.1) is 0 Å². The Morgan fingerprint density at radius 2 is 1.17 bits per heavy atom. The molecule has 5 nitrogen and oxygen atoms in total. The number of ether oxygens (including phenoxy) is 2. The molecule has 1 aliphatic rings. The van der Waals surface area contributed by atoms with E-state index in [-0.39, 0.29) is 6.61 Å². The fourth-order valence-corrected chi connectivity index (χ4v) is 4.25. The van der Waals surface area contributed by atoms with E-state index in [1.165, 1.54) is 57.8 Å². The molecule has 180 valence electrons. The Morgan fingerprint density at radius 1 is 0.700 bits per heavy atom. The summed E-state index contributed by atoms with van der Waals surface area (Å²) in [7, 11) is 0. The predicted molar refractivity (Wildman–Crippen MR) is 122 cm³/mol. The Balaban J connectivity index is 2.02. The van der Waals surface area contributed by atoms with E-state index in [9.17, 15) is 15.3 Å². The molecule has 1 fully saturated rings. The second-order valence-corrected chi connectivity index (χ2v) is 10.4. The minimum Gasteiger partial charge on any atom is -0.388 e. The van der Waals surface area contributed by atoms with Crippen molar-refractivity contribution in [3.63, 3.8) is 0 Å². The lowest BCUT2D eigenvalue weighted by molar-refractivity contribution is -0.270.